The van der Waals surface area contributed by atoms with E-state index in [-0.39, 0.29) is 17.1 Å². The Labute approximate surface area is 169 Å². The van der Waals surface area contributed by atoms with Crippen LogP contribution in [0.3, 0.4) is 0 Å². The van der Waals surface area contributed by atoms with Gasteiger partial charge in [-0.2, -0.15) is 0 Å². The highest BCUT2D eigenvalue weighted by Crippen LogP contribution is 2.31. The maximum Gasteiger partial charge on any atom is 0.234 e. The number of ether oxygens (including phenoxy) is 1. The quantitative estimate of drug-likeness (QED) is 0.588. The predicted molar refractivity (Wildman–Crippen MR) is 111 cm³/mol. The van der Waals surface area contributed by atoms with Crippen LogP contribution in [-0.2, 0) is 11.3 Å². The Morgan fingerprint density at radius 3 is 2.57 bits per heavy atom. The van der Waals surface area contributed by atoms with E-state index in [2.05, 4.69) is 15.5 Å². The molecule has 0 fully saturated rings. The number of methoxy groups -OCH3 is 1. The van der Waals surface area contributed by atoms with E-state index < -0.39 is 0 Å². The number of benzene rings is 2. The maximum absolute atomic E-state index is 12.8. The van der Waals surface area contributed by atoms with Gasteiger partial charge in [-0.25, -0.2) is 0 Å². The molecule has 0 saturated carbocycles. The number of carbonyl (C=O) groups excluding carboxylic acids is 1. The SMILES string of the molecule is COc1ccccc1-n1cnnc1S[C@H](C(=O)NCc1ccccc1)C(C)C. The first-order valence-corrected chi connectivity index (χ1v) is 10.00. The molecule has 0 radical (unpaired) electrons. The monoisotopic (exact) mass is 396 g/mol. The minimum Gasteiger partial charge on any atom is -0.495 e. The number of nitrogens with one attached hydrogen (secondary N) is 1. The van der Waals surface area contributed by atoms with Crippen molar-refractivity contribution in [1.82, 2.24) is 20.1 Å². The Balaban J connectivity index is 1.76. The topological polar surface area (TPSA) is 69.0 Å². The third-order valence-corrected chi connectivity index (χ3v) is 5.77. The second kappa shape index (κ2) is 9.41. The largest absolute Gasteiger partial charge is 0.495 e. The molecule has 0 spiro atoms. The van der Waals surface area contributed by atoms with Gasteiger partial charge in [0.05, 0.1) is 18.0 Å². The van der Waals surface area contributed by atoms with E-state index in [9.17, 15) is 4.79 Å². The van der Waals surface area contributed by atoms with Crippen molar-refractivity contribution in [2.45, 2.75) is 30.8 Å². The summed E-state index contributed by atoms with van der Waals surface area (Å²) in [4.78, 5) is 12.8. The highest BCUT2D eigenvalue weighted by Gasteiger charge is 2.26. The molecule has 0 aliphatic rings. The minimum absolute atomic E-state index is 0.0153. The molecule has 3 aromatic rings. The zero-order valence-corrected chi connectivity index (χ0v) is 17.0. The summed E-state index contributed by atoms with van der Waals surface area (Å²) >= 11 is 1.41. The van der Waals surface area contributed by atoms with Gasteiger partial charge in [0.25, 0.3) is 0 Å². The van der Waals surface area contributed by atoms with Crippen molar-refractivity contribution in [3.8, 4) is 11.4 Å². The first-order valence-electron chi connectivity index (χ1n) is 9.12. The predicted octanol–water partition coefficient (Wildman–Crippen LogP) is 3.71. The number of carbonyl (C=O) groups is 1. The molecule has 2 aromatic carbocycles. The van der Waals surface area contributed by atoms with Crippen LogP contribution in [0.5, 0.6) is 5.75 Å². The molecule has 28 heavy (non-hydrogen) atoms. The summed E-state index contributed by atoms with van der Waals surface area (Å²) in [6, 6.07) is 17.5. The summed E-state index contributed by atoms with van der Waals surface area (Å²) in [6.07, 6.45) is 1.64. The molecule has 1 amide bonds. The molecule has 1 N–H and O–H groups in total. The second-order valence-corrected chi connectivity index (χ2v) is 7.75. The molecule has 0 unspecified atom stereocenters. The van der Waals surface area contributed by atoms with Crippen LogP contribution in [0.15, 0.2) is 66.1 Å². The van der Waals surface area contributed by atoms with Crippen molar-refractivity contribution in [3.63, 3.8) is 0 Å². The van der Waals surface area contributed by atoms with Gasteiger partial charge in [0.2, 0.25) is 5.91 Å². The fraction of sp³-hybridized carbons (Fsp3) is 0.286. The third-order valence-electron chi connectivity index (χ3n) is 4.27. The smallest absolute Gasteiger partial charge is 0.234 e. The number of hydrogen-bond acceptors (Lipinski definition) is 5. The number of thioether (sulfide) groups is 1. The van der Waals surface area contributed by atoms with Crippen LogP contribution in [0.4, 0.5) is 0 Å². The van der Waals surface area contributed by atoms with E-state index in [0.717, 1.165) is 17.0 Å². The molecule has 3 rings (SSSR count). The van der Waals surface area contributed by atoms with E-state index in [1.165, 1.54) is 11.8 Å². The van der Waals surface area contributed by atoms with Gasteiger partial charge >= 0.3 is 0 Å². The van der Waals surface area contributed by atoms with Gasteiger partial charge in [0, 0.05) is 6.54 Å². The maximum atomic E-state index is 12.8. The van der Waals surface area contributed by atoms with Gasteiger partial charge in [0.15, 0.2) is 5.16 Å². The molecule has 1 heterocycles. The average molecular weight is 397 g/mol. The lowest BCUT2D eigenvalue weighted by molar-refractivity contribution is -0.121. The Hall–Kier alpha value is -2.80. The van der Waals surface area contributed by atoms with Gasteiger partial charge in [-0.1, -0.05) is 68.1 Å². The fourth-order valence-electron chi connectivity index (χ4n) is 2.79. The van der Waals surface area contributed by atoms with Gasteiger partial charge in [0.1, 0.15) is 12.1 Å². The number of nitrogens with zero attached hydrogens (tertiary/aromatic N) is 3. The summed E-state index contributed by atoms with van der Waals surface area (Å²) in [5, 5.41) is 11.7. The number of rotatable bonds is 8. The molecule has 0 aliphatic heterocycles. The van der Waals surface area contributed by atoms with Crippen molar-refractivity contribution in [2.24, 2.45) is 5.92 Å². The Morgan fingerprint density at radius 2 is 1.86 bits per heavy atom. The van der Waals surface area contributed by atoms with E-state index in [1.807, 2.05) is 73.0 Å². The first-order chi connectivity index (χ1) is 13.6. The van der Waals surface area contributed by atoms with Crippen molar-refractivity contribution >= 4 is 17.7 Å². The molecule has 0 bridgehead atoms. The lowest BCUT2D eigenvalue weighted by Gasteiger charge is -2.20. The normalized spacial score (nSPS) is 12.0. The second-order valence-electron chi connectivity index (χ2n) is 6.64. The third kappa shape index (κ3) is 4.72. The summed E-state index contributed by atoms with van der Waals surface area (Å²) in [5.74, 6) is 0.834. The summed E-state index contributed by atoms with van der Waals surface area (Å²) in [6.45, 7) is 4.57. The lowest BCUT2D eigenvalue weighted by atomic mass is 10.1. The molecule has 7 heteroatoms. The van der Waals surface area contributed by atoms with E-state index in [4.69, 9.17) is 4.74 Å². The Morgan fingerprint density at radius 1 is 1.14 bits per heavy atom. The zero-order valence-electron chi connectivity index (χ0n) is 16.2. The van der Waals surface area contributed by atoms with Gasteiger partial charge in [-0.05, 0) is 23.6 Å². The summed E-state index contributed by atoms with van der Waals surface area (Å²) in [7, 11) is 1.63. The van der Waals surface area contributed by atoms with Crippen LogP contribution in [0.2, 0.25) is 0 Å². The number of aromatic nitrogens is 3. The fourth-order valence-corrected chi connectivity index (χ4v) is 3.83. The van der Waals surface area contributed by atoms with Crippen molar-refractivity contribution in [3.05, 3.63) is 66.5 Å². The lowest BCUT2D eigenvalue weighted by Crippen LogP contribution is -2.35. The number of amides is 1. The zero-order chi connectivity index (χ0) is 19.9. The summed E-state index contributed by atoms with van der Waals surface area (Å²) < 4.78 is 7.30. The van der Waals surface area contributed by atoms with Crippen LogP contribution in [-0.4, -0.2) is 33.0 Å². The van der Waals surface area contributed by atoms with Crippen LogP contribution in [0, 0.1) is 5.92 Å². The molecule has 1 atom stereocenters. The first kappa shape index (κ1) is 19.9. The Bertz CT molecular complexity index is 912. The van der Waals surface area contributed by atoms with Crippen molar-refractivity contribution in [1.29, 1.82) is 0 Å². The van der Waals surface area contributed by atoms with E-state index in [0.29, 0.717) is 11.7 Å². The van der Waals surface area contributed by atoms with Crippen molar-refractivity contribution < 1.29 is 9.53 Å². The standard InChI is InChI=1S/C21H24N4O2S/c1-15(2)19(20(26)22-13-16-9-5-4-6-10-16)28-21-24-23-14-25(21)17-11-7-8-12-18(17)27-3/h4-12,14-15,19H,13H2,1-3H3,(H,22,26)/t19-/m0/s1. The average Bonchev–Trinajstić information content (AvgIpc) is 3.18. The molecule has 1 aromatic heterocycles. The minimum atomic E-state index is -0.290. The number of hydrogen-bond donors (Lipinski definition) is 1. The van der Waals surface area contributed by atoms with Gasteiger partial charge in [-0.15, -0.1) is 10.2 Å². The van der Waals surface area contributed by atoms with Gasteiger partial charge in [-0.3, -0.25) is 9.36 Å². The number of para-hydroxylation sites is 2. The molecule has 146 valence electrons. The molecule has 6 nitrogen and oxygen atoms in total. The molecule has 0 aliphatic carbocycles. The highest BCUT2D eigenvalue weighted by molar-refractivity contribution is 8.00. The molecule has 0 saturated heterocycles. The van der Waals surface area contributed by atoms with Gasteiger partial charge < -0.3 is 10.1 Å². The summed E-state index contributed by atoms with van der Waals surface area (Å²) in [5.41, 5.74) is 1.91. The van der Waals surface area contributed by atoms with Crippen LogP contribution < -0.4 is 10.1 Å². The molecular weight excluding hydrogens is 372 g/mol. The van der Waals surface area contributed by atoms with Crippen LogP contribution >= 0.6 is 11.8 Å². The highest BCUT2D eigenvalue weighted by atomic mass is 32.2. The van der Waals surface area contributed by atoms with Crippen molar-refractivity contribution in [2.75, 3.05) is 7.11 Å². The molecular formula is C21H24N4O2S. The Kier molecular flexibility index (Phi) is 6.71. The van der Waals surface area contributed by atoms with E-state index >= 15 is 0 Å². The van der Waals surface area contributed by atoms with E-state index in [1.54, 1.807) is 13.4 Å². The van der Waals surface area contributed by atoms with Crippen LogP contribution in [0.25, 0.3) is 5.69 Å². The van der Waals surface area contributed by atoms with Crippen LogP contribution in [0.1, 0.15) is 19.4 Å².